The van der Waals surface area contributed by atoms with Gasteiger partial charge in [0.25, 0.3) is 5.91 Å². The van der Waals surface area contributed by atoms with E-state index < -0.39 is 0 Å². The number of hydrazine groups is 1. The van der Waals surface area contributed by atoms with Crippen molar-refractivity contribution in [3.63, 3.8) is 0 Å². The summed E-state index contributed by atoms with van der Waals surface area (Å²) >= 11 is 0. The highest BCUT2D eigenvalue weighted by molar-refractivity contribution is 5.94. The zero-order chi connectivity index (χ0) is 22.3. The third kappa shape index (κ3) is 6.78. The first-order valence-electron chi connectivity index (χ1n) is 11.3. The van der Waals surface area contributed by atoms with Gasteiger partial charge in [0, 0.05) is 18.7 Å². The molecule has 0 saturated carbocycles. The monoisotopic (exact) mass is 420 g/mol. The molecule has 1 aliphatic heterocycles. The van der Waals surface area contributed by atoms with E-state index >= 15 is 0 Å². The zero-order valence-corrected chi connectivity index (χ0v) is 19.4. The fourth-order valence-corrected chi connectivity index (χ4v) is 4.22. The molecular weight excluding hydrogens is 384 g/mol. The van der Waals surface area contributed by atoms with Crippen LogP contribution in [0.15, 0.2) is 65.3 Å². The Morgan fingerprint density at radius 3 is 2.52 bits per heavy atom. The molecule has 4 nitrogen and oxygen atoms in total. The molecule has 1 saturated heterocycles. The zero-order valence-electron chi connectivity index (χ0n) is 19.4. The number of nitrogens with zero attached hydrogens (tertiary/aromatic N) is 1. The number of amides is 1. The molecule has 0 bridgehead atoms. The Kier molecular flexibility index (Phi) is 8.05. The molecule has 0 spiro atoms. The molecular formula is C27H36N2O2. The van der Waals surface area contributed by atoms with E-state index in [1.165, 1.54) is 36.0 Å². The van der Waals surface area contributed by atoms with E-state index in [0.717, 1.165) is 18.7 Å². The van der Waals surface area contributed by atoms with E-state index in [-0.39, 0.29) is 11.3 Å². The van der Waals surface area contributed by atoms with E-state index in [1.54, 1.807) is 0 Å². The molecule has 1 aromatic carbocycles. The molecule has 0 radical (unpaired) electrons. The van der Waals surface area contributed by atoms with E-state index in [2.05, 4.69) is 63.5 Å². The Morgan fingerprint density at radius 2 is 1.84 bits per heavy atom. The van der Waals surface area contributed by atoms with Gasteiger partial charge in [-0.2, -0.15) is 0 Å². The number of ether oxygens (including phenoxy) is 1. The average molecular weight is 421 g/mol. The van der Waals surface area contributed by atoms with Crippen LogP contribution in [0.3, 0.4) is 0 Å². The van der Waals surface area contributed by atoms with Crippen LogP contribution in [0.4, 0.5) is 0 Å². The van der Waals surface area contributed by atoms with E-state index in [4.69, 9.17) is 4.74 Å². The second-order valence-corrected chi connectivity index (χ2v) is 9.20. The van der Waals surface area contributed by atoms with Crippen molar-refractivity contribution in [1.82, 2.24) is 10.4 Å². The third-order valence-corrected chi connectivity index (χ3v) is 6.15. The van der Waals surface area contributed by atoms with Gasteiger partial charge in [-0.15, -0.1) is 0 Å². The van der Waals surface area contributed by atoms with Crippen LogP contribution in [0.25, 0.3) is 6.08 Å². The molecule has 0 atom stereocenters. The maximum atomic E-state index is 12.4. The lowest BCUT2D eigenvalue weighted by atomic mass is 9.72. The Bertz CT molecular complexity index is 882. The van der Waals surface area contributed by atoms with Crippen molar-refractivity contribution in [1.29, 1.82) is 0 Å². The van der Waals surface area contributed by atoms with Crippen LogP contribution in [0.1, 0.15) is 62.9 Å². The maximum Gasteiger partial charge on any atom is 0.265 e. The van der Waals surface area contributed by atoms with Crippen molar-refractivity contribution in [2.75, 3.05) is 26.3 Å². The summed E-state index contributed by atoms with van der Waals surface area (Å²) in [6, 6.07) is 7.68. The van der Waals surface area contributed by atoms with E-state index in [9.17, 15) is 4.79 Å². The van der Waals surface area contributed by atoms with Gasteiger partial charge >= 0.3 is 0 Å². The Balaban J connectivity index is 1.56. The van der Waals surface area contributed by atoms with Crippen molar-refractivity contribution in [3.05, 3.63) is 76.4 Å². The molecule has 0 aromatic heterocycles. The Morgan fingerprint density at radius 1 is 1.13 bits per heavy atom. The first-order valence-corrected chi connectivity index (χ1v) is 11.3. The maximum absolute atomic E-state index is 12.4. The standard InChI is InChI=1S/C27H36N2O2/c1-21(10-15-25-22(2)8-6-16-27(25,3)4)7-5-9-23-11-13-24(14-12-23)26(30)28-29-17-19-31-20-18-29/h5,7,9-15H,6,8,16-20H2,1-4H3,(H,28,30)/b9-5+,15-10+,21-7+. The lowest BCUT2D eigenvalue weighted by molar-refractivity contribution is 0.0126. The van der Waals surface area contributed by atoms with Crippen LogP contribution in [0, 0.1) is 5.41 Å². The van der Waals surface area contributed by atoms with Gasteiger partial charge in [0.2, 0.25) is 0 Å². The van der Waals surface area contributed by atoms with Gasteiger partial charge in [0.15, 0.2) is 0 Å². The highest BCUT2D eigenvalue weighted by atomic mass is 16.5. The summed E-state index contributed by atoms with van der Waals surface area (Å²) in [6.45, 7) is 11.8. The Labute approximate surface area is 187 Å². The number of allylic oxidation sites excluding steroid dienone is 7. The van der Waals surface area contributed by atoms with Crippen LogP contribution < -0.4 is 5.43 Å². The molecule has 1 aliphatic carbocycles. The van der Waals surface area contributed by atoms with Crippen molar-refractivity contribution in [2.45, 2.75) is 47.0 Å². The largest absolute Gasteiger partial charge is 0.379 e. The number of benzene rings is 1. The second-order valence-electron chi connectivity index (χ2n) is 9.20. The summed E-state index contributed by atoms with van der Waals surface area (Å²) in [5.41, 5.74) is 9.17. The van der Waals surface area contributed by atoms with Crippen molar-refractivity contribution in [2.24, 2.45) is 5.41 Å². The highest BCUT2D eigenvalue weighted by Gasteiger charge is 2.26. The Hall–Kier alpha value is -2.43. The minimum atomic E-state index is -0.0754. The molecule has 4 heteroatoms. The fourth-order valence-electron chi connectivity index (χ4n) is 4.22. The number of rotatable bonds is 6. The lowest BCUT2D eigenvalue weighted by Crippen LogP contribution is -2.48. The van der Waals surface area contributed by atoms with Crippen LogP contribution >= 0.6 is 0 Å². The van der Waals surface area contributed by atoms with Gasteiger partial charge in [-0.25, -0.2) is 5.01 Å². The number of carbonyl (C=O) groups is 1. The number of hydrogen-bond donors (Lipinski definition) is 1. The molecule has 1 amide bonds. The molecule has 1 aromatic rings. The van der Waals surface area contributed by atoms with Gasteiger partial charge in [0.1, 0.15) is 0 Å². The molecule has 3 rings (SSSR count). The minimum absolute atomic E-state index is 0.0754. The first-order chi connectivity index (χ1) is 14.8. The van der Waals surface area contributed by atoms with E-state index in [0.29, 0.717) is 18.8 Å². The summed E-state index contributed by atoms with van der Waals surface area (Å²) in [4.78, 5) is 12.4. The SMILES string of the molecule is CC1=C(/C=C/C(C)=C/C=C/c2ccc(C(=O)NN3CCOCC3)cc2)C(C)(C)CCC1. The fraction of sp³-hybridized carbons (Fsp3) is 0.444. The summed E-state index contributed by atoms with van der Waals surface area (Å²) in [7, 11) is 0. The van der Waals surface area contributed by atoms with Crippen LogP contribution in [-0.2, 0) is 4.74 Å². The van der Waals surface area contributed by atoms with Gasteiger partial charge in [-0.05, 0) is 61.8 Å². The number of carbonyl (C=O) groups excluding carboxylic acids is 1. The topological polar surface area (TPSA) is 41.6 Å². The van der Waals surface area contributed by atoms with Crippen molar-refractivity contribution < 1.29 is 9.53 Å². The highest BCUT2D eigenvalue weighted by Crippen LogP contribution is 2.40. The molecule has 166 valence electrons. The molecule has 2 aliphatic rings. The quantitative estimate of drug-likeness (QED) is 0.600. The summed E-state index contributed by atoms with van der Waals surface area (Å²) < 4.78 is 5.31. The predicted octanol–water partition coefficient (Wildman–Crippen LogP) is 5.71. The summed E-state index contributed by atoms with van der Waals surface area (Å²) in [5.74, 6) is -0.0754. The molecule has 31 heavy (non-hydrogen) atoms. The van der Waals surface area contributed by atoms with Crippen LogP contribution in [0.2, 0.25) is 0 Å². The van der Waals surface area contributed by atoms with Gasteiger partial charge in [-0.3, -0.25) is 10.2 Å². The van der Waals surface area contributed by atoms with Crippen LogP contribution in [-0.4, -0.2) is 37.2 Å². The summed E-state index contributed by atoms with van der Waals surface area (Å²) in [5, 5.41) is 1.91. The second kappa shape index (κ2) is 10.7. The van der Waals surface area contributed by atoms with Gasteiger partial charge in [-0.1, -0.05) is 67.5 Å². The average Bonchev–Trinajstić information content (AvgIpc) is 2.74. The van der Waals surface area contributed by atoms with Gasteiger partial charge in [0.05, 0.1) is 13.2 Å². The minimum Gasteiger partial charge on any atom is -0.379 e. The smallest absolute Gasteiger partial charge is 0.265 e. The molecule has 1 heterocycles. The number of morpholine rings is 1. The summed E-state index contributed by atoms with van der Waals surface area (Å²) in [6.07, 6.45) is 14.5. The third-order valence-electron chi connectivity index (χ3n) is 6.15. The number of hydrogen-bond acceptors (Lipinski definition) is 3. The van der Waals surface area contributed by atoms with Crippen LogP contribution in [0.5, 0.6) is 0 Å². The van der Waals surface area contributed by atoms with E-state index in [1.807, 2.05) is 29.3 Å². The number of nitrogens with one attached hydrogen (secondary N) is 1. The lowest BCUT2D eigenvalue weighted by Gasteiger charge is -2.32. The van der Waals surface area contributed by atoms with Gasteiger partial charge < -0.3 is 4.74 Å². The predicted molar refractivity (Wildman–Crippen MR) is 129 cm³/mol. The molecule has 1 fully saturated rings. The molecule has 1 N–H and O–H groups in total. The normalized spacial score (nSPS) is 20.6. The first kappa shape index (κ1) is 23.2. The molecule has 0 unspecified atom stereocenters. The van der Waals surface area contributed by atoms with Crippen molar-refractivity contribution in [3.8, 4) is 0 Å². The van der Waals surface area contributed by atoms with Crippen molar-refractivity contribution >= 4 is 12.0 Å².